The van der Waals surface area contributed by atoms with Gasteiger partial charge >= 0.3 is 11.9 Å². The van der Waals surface area contributed by atoms with Gasteiger partial charge in [-0.2, -0.15) is 0 Å². The van der Waals surface area contributed by atoms with E-state index in [2.05, 4.69) is 13.2 Å². The Kier molecular flexibility index (Phi) is 4.96. The van der Waals surface area contributed by atoms with Crippen LogP contribution < -0.4 is 0 Å². The zero-order valence-corrected chi connectivity index (χ0v) is 12.7. The topological polar surface area (TPSA) is 69.7 Å². The van der Waals surface area contributed by atoms with Crippen molar-refractivity contribution in [1.82, 2.24) is 0 Å². The number of ether oxygens (including phenoxy) is 2. The molecule has 2 aliphatic rings. The van der Waals surface area contributed by atoms with Crippen LogP contribution in [-0.4, -0.2) is 30.4 Å². The molecule has 0 aromatic rings. The van der Waals surface area contributed by atoms with Crippen molar-refractivity contribution in [2.75, 3.05) is 6.61 Å². The predicted octanol–water partition coefficient (Wildman–Crippen LogP) is 2.27. The minimum atomic E-state index is -0.413. The van der Waals surface area contributed by atoms with E-state index in [0.717, 1.165) is 5.57 Å². The number of carbonyl (C=O) groups is 3. The van der Waals surface area contributed by atoms with Gasteiger partial charge in [0.1, 0.15) is 12.7 Å². The van der Waals surface area contributed by atoms with Crippen molar-refractivity contribution in [3.05, 3.63) is 36.0 Å². The van der Waals surface area contributed by atoms with Crippen molar-refractivity contribution in [2.24, 2.45) is 5.92 Å². The van der Waals surface area contributed by atoms with Gasteiger partial charge in [0.15, 0.2) is 5.78 Å². The van der Waals surface area contributed by atoms with E-state index in [1.807, 2.05) is 6.08 Å². The second kappa shape index (κ2) is 6.73. The third kappa shape index (κ3) is 3.72. The molecule has 1 aliphatic carbocycles. The molecule has 118 valence electrons. The lowest BCUT2D eigenvalue weighted by Gasteiger charge is -2.19. The highest BCUT2D eigenvalue weighted by Crippen LogP contribution is 2.34. The summed E-state index contributed by atoms with van der Waals surface area (Å²) in [7, 11) is 0. The zero-order valence-electron chi connectivity index (χ0n) is 12.7. The van der Waals surface area contributed by atoms with Crippen LogP contribution in [0.3, 0.4) is 0 Å². The summed E-state index contributed by atoms with van der Waals surface area (Å²) in [5, 5.41) is 0. The lowest BCUT2D eigenvalue weighted by molar-refractivity contribution is -0.140. The van der Waals surface area contributed by atoms with Gasteiger partial charge in [0.05, 0.1) is 0 Å². The molecule has 0 aromatic carbocycles. The highest BCUT2D eigenvalue weighted by Gasteiger charge is 2.38. The smallest absolute Gasteiger partial charge is 0.334 e. The van der Waals surface area contributed by atoms with Gasteiger partial charge in [-0.25, -0.2) is 4.79 Å². The summed E-state index contributed by atoms with van der Waals surface area (Å²) in [5.41, 5.74) is 1.75. The van der Waals surface area contributed by atoms with Crippen LogP contribution >= 0.6 is 0 Å². The van der Waals surface area contributed by atoms with Crippen molar-refractivity contribution in [2.45, 2.75) is 38.7 Å². The molecule has 2 atom stereocenters. The highest BCUT2D eigenvalue weighted by atomic mass is 16.6. The molecule has 0 bridgehead atoms. The highest BCUT2D eigenvalue weighted by molar-refractivity contribution is 5.95. The molecule has 0 saturated carbocycles. The summed E-state index contributed by atoms with van der Waals surface area (Å²) >= 11 is 0. The molecule has 2 rings (SSSR count). The molecule has 1 saturated heterocycles. The minimum absolute atomic E-state index is 0.0528. The normalized spacial score (nSPS) is 26.1. The summed E-state index contributed by atoms with van der Waals surface area (Å²) in [5.74, 6) is -0.995. The summed E-state index contributed by atoms with van der Waals surface area (Å²) in [6, 6.07) is 0. The molecule has 5 nitrogen and oxygen atoms in total. The monoisotopic (exact) mass is 304 g/mol. The molecule has 0 aromatic heterocycles. The summed E-state index contributed by atoms with van der Waals surface area (Å²) in [6.45, 7) is 9.09. The Morgan fingerprint density at radius 3 is 2.77 bits per heavy atom. The van der Waals surface area contributed by atoms with E-state index in [1.165, 1.54) is 6.92 Å². The first-order valence-corrected chi connectivity index (χ1v) is 7.30. The van der Waals surface area contributed by atoms with E-state index in [4.69, 9.17) is 9.47 Å². The molecular weight excluding hydrogens is 284 g/mol. The maximum atomic E-state index is 12.1. The van der Waals surface area contributed by atoms with E-state index in [-0.39, 0.29) is 30.4 Å². The van der Waals surface area contributed by atoms with E-state index < -0.39 is 5.97 Å². The molecule has 5 heteroatoms. The summed E-state index contributed by atoms with van der Waals surface area (Å²) in [4.78, 5) is 34.7. The van der Waals surface area contributed by atoms with Crippen LogP contribution in [0.5, 0.6) is 0 Å². The molecular formula is C17H20O5. The van der Waals surface area contributed by atoms with Gasteiger partial charge in [0, 0.05) is 31.3 Å². The quantitative estimate of drug-likeness (QED) is 0.445. The Labute approximate surface area is 129 Å². The first-order valence-electron chi connectivity index (χ1n) is 7.30. The first-order chi connectivity index (χ1) is 10.4. The van der Waals surface area contributed by atoms with Gasteiger partial charge in [-0.1, -0.05) is 19.2 Å². The van der Waals surface area contributed by atoms with Crippen LogP contribution in [0.25, 0.3) is 0 Å². The lowest BCUT2D eigenvalue weighted by atomic mass is 9.86. The number of carbonyl (C=O) groups excluding carboxylic acids is 3. The van der Waals surface area contributed by atoms with Gasteiger partial charge < -0.3 is 9.47 Å². The van der Waals surface area contributed by atoms with Crippen molar-refractivity contribution in [3.8, 4) is 0 Å². The van der Waals surface area contributed by atoms with Gasteiger partial charge in [-0.3, -0.25) is 9.59 Å². The zero-order chi connectivity index (χ0) is 16.3. The molecule has 0 amide bonds. The van der Waals surface area contributed by atoms with Crippen LogP contribution in [0.15, 0.2) is 36.0 Å². The SMILES string of the molecule is C=C1CC2OC(=O)C(=C)C2CC=C(COC(C)=O)CCC1=O. The predicted molar refractivity (Wildman–Crippen MR) is 79.8 cm³/mol. The van der Waals surface area contributed by atoms with Crippen molar-refractivity contribution in [1.29, 1.82) is 0 Å². The number of ketones is 1. The molecule has 0 spiro atoms. The fraction of sp³-hybridized carbons (Fsp3) is 0.471. The number of hydrogen-bond acceptors (Lipinski definition) is 5. The van der Waals surface area contributed by atoms with Gasteiger partial charge in [0.25, 0.3) is 0 Å². The molecule has 0 radical (unpaired) electrons. The Hall–Kier alpha value is -2.17. The number of rotatable bonds is 2. The lowest BCUT2D eigenvalue weighted by Crippen LogP contribution is -2.20. The van der Waals surface area contributed by atoms with Gasteiger partial charge in [-0.05, 0) is 24.0 Å². The fourth-order valence-corrected chi connectivity index (χ4v) is 2.68. The number of Topliss-reactive ketones (excluding diaryl/α,β-unsaturated/α-hetero) is 1. The number of fused-ring (bicyclic) bond motifs is 1. The molecule has 1 aliphatic heterocycles. The number of hydrogen-bond donors (Lipinski definition) is 0. The minimum Gasteiger partial charge on any atom is -0.461 e. The maximum Gasteiger partial charge on any atom is 0.334 e. The van der Waals surface area contributed by atoms with Gasteiger partial charge in [-0.15, -0.1) is 0 Å². The van der Waals surface area contributed by atoms with Crippen LogP contribution in [-0.2, 0) is 23.9 Å². The average molecular weight is 304 g/mol. The fourth-order valence-electron chi connectivity index (χ4n) is 2.68. The van der Waals surface area contributed by atoms with Crippen molar-refractivity contribution < 1.29 is 23.9 Å². The second-order valence-corrected chi connectivity index (χ2v) is 5.68. The Morgan fingerprint density at radius 2 is 2.09 bits per heavy atom. The third-order valence-corrected chi connectivity index (χ3v) is 4.05. The van der Waals surface area contributed by atoms with E-state index in [1.54, 1.807) is 0 Å². The number of allylic oxidation sites excluding steroid dienone is 1. The van der Waals surface area contributed by atoms with E-state index >= 15 is 0 Å². The Morgan fingerprint density at radius 1 is 1.36 bits per heavy atom. The molecule has 2 unspecified atom stereocenters. The van der Waals surface area contributed by atoms with Crippen LogP contribution in [0.2, 0.25) is 0 Å². The number of esters is 2. The first kappa shape index (κ1) is 16.2. The maximum absolute atomic E-state index is 12.1. The second-order valence-electron chi connectivity index (χ2n) is 5.68. The van der Waals surface area contributed by atoms with Crippen molar-refractivity contribution in [3.63, 3.8) is 0 Å². The van der Waals surface area contributed by atoms with Crippen molar-refractivity contribution >= 4 is 17.7 Å². The standard InChI is InChI=1S/C17H20O5/c1-10-8-16-14(11(2)17(20)22-16)6-4-13(5-7-15(10)19)9-21-12(3)18/h4,14,16H,1-2,5-9H2,3H3. The van der Waals surface area contributed by atoms with Gasteiger partial charge in [0.2, 0.25) is 0 Å². The average Bonchev–Trinajstić information content (AvgIpc) is 2.72. The third-order valence-electron chi connectivity index (χ3n) is 4.05. The van der Waals surface area contributed by atoms with E-state index in [0.29, 0.717) is 36.8 Å². The summed E-state index contributed by atoms with van der Waals surface area (Å²) in [6.07, 6.45) is 3.30. The van der Waals surface area contributed by atoms with Crippen LogP contribution in [0.4, 0.5) is 0 Å². The largest absolute Gasteiger partial charge is 0.461 e. The van der Waals surface area contributed by atoms with Crippen LogP contribution in [0, 0.1) is 5.92 Å². The Bertz CT molecular complexity index is 570. The van der Waals surface area contributed by atoms with E-state index in [9.17, 15) is 14.4 Å². The molecule has 0 N–H and O–H groups in total. The molecule has 1 heterocycles. The molecule has 1 fully saturated rings. The molecule has 22 heavy (non-hydrogen) atoms. The summed E-state index contributed by atoms with van der Waals surface area (Å²) < 4.78 is 10.3. The van der Waals surface area contributed by atoms with Crippen LogP contribution in [0.1, 0.15) is 32.6 Å². The Balaban J connectivity index is 2.20.